The molecule has 0 fully saturated rings. The molecule has 2 aromatic carbocycles. The number of pyridine rings is 1. The number of fused-ring (bicyclic) bond motifs is 1. The minimum absolute atomic E-state index is 0.269. The second kappa shape index (κ2) is 5.02. The van der Waals surface area contributed by atoms with Crippen molar-refractivity contribution in [1.82, 2.24) is 4.98 Å². The number of nitrogens with zero attached hydrogens (tertiary/aromatic N) is 1. The molecule has 0 radical (unpaired) electrons. The summed E-state index contributed by atoms with van der Waals surface area (Å²) in [4.78, 5) is 4.41. The van der Waals surface area contributed by atoms with Crippen molar-refractivity contribution in [2.24, 2.45) is 5.73 Å². The van der Waals surface area contributed by atoms with Gasteiger partial charge in [-0.2, -0.15) is 0 Å². The van der Waals surface area contributed by atoms with Crippen LogP contribution in [0, 0.1) is 12.7 Å². The van der Waals surface area contributed by atoms with Crippen molar-refractivity contribution in [3.63, 3.8) is 0 Å². The molecular formula is C17H15FN2. The highest BCUT2D eigenvalue weighted by atomic mass is 19.1. The first kappa shape index (κ1) is 12.8. The lowest BCUT2D eigenvalue weighted by Crippen LogP contribution is -2.14. The number of benzene rings is 2. The molecule has 3 rings (SSSR count). The SMILES string of the molecule is Cc1ccc(F)cc1C(N)c1cnc2ccccc2c1. The van der Waals surface area contributed by atoms with Gasteiger partial charge in [0.1, 0.15) is 5.82 Å². The van der Waals surface area contributed by atoms with E-state index in [-0.39, 0.29) is 11.9 Å². The summed E-state index contributed by atoms with van der Waals surface area (Å²) in [6.45, 7) is 1.93. The van der Waals surface area contributed by atoms with Crippen LogP contribution in [0.15, 0.2) is 54.7 Å². The first-order chi connectivity index (χ1) is 9.65. The molecule has 0 amide bonds. The Morgan fingerprint density at radius 1 is 1.10 bits per heavy atom. The van der Waals surface area contributed by atoms with Gasteiger partial charge in [-0.25, -0.2) is 4.39 Å². The number of hydrogen-bond acceptors (Lipinski definition) is 2. The fraction of sp³-hybridized carbons (Fsp3) is 0.118. The Bertz CT molecular complexity index is 768. The predicted molar refractivity (Wildman–Crippen MR) is 78.9 cm³/mol. The van der Waals surface area contributed by atoms with Crippen LogP contribution in [0.25, 0.3) is 10.9 Å². The molecule has 1 unspecified atom stereocenters. The standard InChI is InChI=1S/C17H15FN2/c1-11-6-7-14(18)9-15(11)17(19)13-8-12-4-2-3-5-16(12)20-10-13/h2-10,17H,19H2,1H3. The van der Waals surface area contributed by atoms with E-state index in [1.54, 1.807) is 12.3 Å². The molecular weight excluding hydrogens is 251 g/mol. The second-order valence-corrected chi connectivity index (χ2v) is 4.94. The molecule has 0 bridgehead atoms. The van der Waals surface area contributed by atoms with Gasteiger partial charge in [0, 0.05) is 11.6 Å². The number of aromatic nitrogens is 1. The Labute approximate surface area is 117 Å². The molecule has 0 aliphatic rings. The first-order valence-corrected chi connectivity index (χ1v) is 6.51. The molecule has 100 valence electrons. The maximum Gasteiger partial charge on any atom is 0.123 e. The third kappa shape index (κ3) is 2.28. The van der Waals surface area contributed by atoms with Crippen molar-refractivity contribution in [2.75, 3.05) is 0 Å². The number of aryl methyl sites for hydroxylation is 1. The van der Waals surface area contributed by atoms with Crippen molar-refractivity contribution in [3.8, 4) is 0 Å². The van der Waals surface area contributed by atoms with Crippen LogP contribution in [0.2, 0.25) is 0 Å². The summed E-state index contributed by atoms with van der Waals surface area (Å²) in [5, 5.41) is 1.04. The third-order valence-electron chi connectivity index (χ3n) is 3.55. The van der Waals surface area contributed by atoms with Gasteiger partial charge in [0.25, 0.3) is 0 Å². The average Bonchev–Trinajstić information content (AvgIpc) is 2.48. The average molecular weight is 266 g/mol. The van der Waals surface area contributed by atoms with Gasteiger partial charge in [0.05, 0.1) is 11.6 Å². The Morgan fingerprint density at radius 3 is 2.75 bits per heavy atom. The smallest absolute Gasteiger partial charge is 0.123 e. The van der Waals surface area contributed by atoms with E-state index in [1.165, 1.54) is 12.1 Å². The van der Waals surface area contributed by atoms with E-state index in [0.29, 0.717) is 0 Å². The Morgan fingerprint density at radius 2 is 1.90 bits per heavy atom. The number of nitrogens with two attached hydrogens (primary N) is 1. The fourth-order valence-corrected chi connectivity index (χ4v) is 2.38. The lowest BCUT2D eigenvalue weighted by atomic mass is 9.96. The fourth-order valence-electron chi connectivity index (χ4n) is 2.38. The van der Waals surface area contributed by atoms with E-state index in [9.17, 15) is 4.39 Å². The molecule has 0 aliphatic carbocycles. The van der Waals surface area contributed by atoms with Gasteiger partial charge in [-0.3, -0.25) is 4.98 Å². The van der Waals surface area contributed by atoms with Crippen LogP contribution in [0.4, 0.5) is 4.39 Å². The van der Waals surface area contributed by atoms with E-state index < -0.39 is 0 Å². The molecule has 2 N–H and O–H groups in total. The summed E-state index contributed by atoms with van der Waals surface area (Å²) in [5.41, 5.74) is 9.86. The number of rotatable bonds is 2. The minimum Gasteiger partial charge on any atom is -0.320 e. The summed E-state index contributed by atoms with van der Waals surface area (Å²) in [6, 6.07) is 14.2. The van der Waals surface area contributed by atoms with Gasteiger partial charge < -0.3 is 5.73 Å². The molecule has 0 saturated heterocycles. The van der Waals surface area contributed by atoms with Crippen molar-refractivity contribution < 1.29 is 4.39 Å². The lowest BCUT2D eigenvalue weighted by molar-refractivity contribution is 0.622. The van der Waals surface area contributed by atoms with E-state index in [4.69, 9.17) is 5.73 Å². The quantitative estimate of drug-likeness (QED) is 0.767. The summed E-state index contributed by atoms with van der Waals surface area (Å²) in [6.07, 6.45) is 1.76. The van der Waals surface area contributed by atoms with Crippen LogP contribution in [0.5, 0.6) is 0 Å². The van der Waals surface area contributed by atoms with Crippen LogP contribution in [0.1, 0.15) is 22.7 Å². The molecule has 1 aromatic heterocycles. The molecule has 3 heteroatoms. The monoisotopic (exact) mass is 266 g/mol. The lowest BCUT2D eigenvalue weighted by Gasteiger charge is -2.15. The highest BCUT2D eigenvalue weighted by Gasteiger charge is 2.13. The van der Waals surface area contributed by atoms with Gasteiger partial charge in [-0.15, -0.1) is 0 Å². The van der Waals surface area contributed by atoms with Crippen molar-refractivity contribution in [2.45, 2.75) is 13.0 Å². The summed E-state index contributed by atoms with van der Waals surface area (Å²) < 4.78 is 13.4. The molecule has 0 spiro atoms. The molecule has 1 heterocycles. The zero-order valence-corrected chi connectivity index (χ0v) is 11.2. The van der Waals surface area contributed by atoms with Gasteiger partial charge in [-0.05, 0) is 47.9 Å². The first-order valence-electron chi connectivity index (χ1n) is 6.51. The second-order valence-electron chi connectivity index (χ2n) is 4.94. The molecule has 0 aliphatic heterocycles. The highest BCUT2D eigenvalue weighted by molar-refractivity contribution is 5.79. The zero-order chi connectivity index (χ0) is 14.1. The van der Waals surface area contributed by atoms with E-state index in [2.05, 4.69) is 4.98 Å². The zero-order valence-electron chi connectivity index (χ0n) is 11.2. The van der Waals surface area contributed by atoms with E-state index in [0.717, 1.165) is 27.6 Å². The van der Waals surface area contributed by atoms with Gasteiger partial charge in [0.2, 0.25) is 0 Å². The van der Waals surface area contributed by atoms with Gasteiger partial charge >= 0.3 is 0 Å². The highest BCUT2D eigenvalue weighted by Crippen LogP contribution is 2.25. The number of para-hydroxylation sites is 1. The Hall–Kier alpha value is -2.26. The van der Waals surface area contributed by atoms with Gasteiger partial charge in [-0.1, -0.05) is 24.3 Å². The van der Waals surface area contributed by atoms with Crippen molar-refractivity contribution in [3.05, 3.63) is 77.2 Å². The van der Waals surface area contributed by atoms with Crippen LogP contribution in [0.3, 0.4) is 0 Å². The summed E-state index contributed by atoms with van der Waals surface area (Å²) >= 11 is 0. The number of hydrogen-bond donors (Lipinski definition) is 1. The van der Waals surface area contributed by atoms with Crippen LogP contribution >= 0.6 is 0 Å². The summed E-state index contributed by atoms with van der Waals surface area (Å²) in [7, 11) is 0. The van der Waals surface area contributed by atoms with Crippen LogP contribution < -0.4 is 5.73 Å². The van der Waals surface area contributed by atoms with Crippen LogP contribution in [-0.4, -0.2) is 4.98 Å². The molecule has 2 nitrogen and oxygen atoms in total. The maximum absolute atomic E-state index is 13.4. The minimum atomic E-state index is -0.372. The Kier molecular flexibility index (Phi) is 3.20. The topological polar surface area (TPSA) is 38.9 Å². The van der Waals surface area contributed by atoms with Crippen LogP contribution in [-0.2, 0) is 0 Å². The predicted octanol–water partition coefficient (Wildman–Crippen LogP) is 3.73. The third-order valence-corrected chi connectivity index (χ3v) is 3.55. The summed E-state index contributed by atoms with van der Waals surface area (Å²) in [5.74, 6) is -0.269. The molecule has 20 heavy (non-hydrogen) atoms. The largest absolute Gasteiger partial charge is 0.320 e. The molecule has 1 atom stereocenters. The normalized spacial score (nSPS) is 12.6. The Balaban J connectivity index is 2.07. The van der Waals surface area contributed by atoms with E-state index in [1.807, 2.05) is 37.3 Å². The molecule has 3 aromatic rings. The van der Waals surface area contributed by atoms with Crippen molar-refractivity contribution >= 4 is 10.9 Å². The van der Waals surface area contributed by atoms with E-state index >= 15 is 0 Å². The number of halogens is 1. The van der Waals surface area contributed by atoms with Crippen molar-refractivity contribution in [1.29, 1.82) is 0 Å². The van der Waals surface area contributed by atoms with Gasteiger partial charge in [0.15, 0.2) is 0 Å². The molecule has 0 saturated carbocycles. The maximum atomic E-state index is 13.4.